The average Bonchev–Trinajstić information content (AvgIpc) is 2.64. The van der Waals surface area contributed by atoms with Gasteiger partial charge in [0.25, 0.3) is 0 Å². The lowest BCUT2D eigenvalue weighted by molar-refractivity contribution is -0.143. The highest BCUT2D eigenvalue weighted by Gasteiger charge is 2.29. The molecule has 1 aromatic heterocycles. The van der Waals surface area contributed by atoms with Gasteiger partial charge in [0.1, 0.15) is 0 Å². The quantitative estimate of drug-likeness (QED) is 0.421. The third-order valence-electron chi connectivity index (χ3n) is 5.78. The van der Waals surface area contributed by atoms with Gasteiger partial charge in [0.05, 0.1) is 17.1 Å². The minimum absolute atomic E-state index is 0.419. The Hall–Kier alpha value is -1.76. The summed E-state index contributed by atoms with van der Waals surface area (Å²) in [5.74, 6) is 6.26. The van der Waals surface area contributed by atoms with E-state index < -0.39 is 18.5 Å². The van der Waals surface area contributed by atoms with E-state index in [9.17, 15) is 13.2 Å². The van der Waals surface area contributed by atoms with Gasteiger partial charge in [0.2, 0.25) is 0 Å². The smallest absolute Gasteiger partial charge is 0.389 e. The van der Waals surface area contributed by atoms with Crippen LogP contribution in [0.15, 0.2) is 24.0 Å². The maximum absolute atomic E-state index is 12.5. The summed E-state index contributed by atoms with van der Waals surface area (Å²) in [5, 5.41) is 1.45. The van der Waals surface area contributed by atoms with Crippen LogP contribution >= 0.6 is 0 Å². The summed E-state index contributed by atoms with van der Waals surface area (Å²) >= 11 is 0. The van der Waals surface area contributed by atoms with Gasteiger partial charge >= 0.3 is 6.18 Å². The fourth-order valence-corrected chi connectivity index (χ4v) is 4.19. The van der Waals surface area contributed by atoms with Gasteiger partial charge in [-0.05, 0) is 42.7 Å². The van der Waals surface area contributed by atoms with Crippen LogP contribution in [0.1, 0.15) is 76.0 Å². The lowest BCUT2D eigenvalue weighted by atomic mass is 9.85. The van der Waals surface area contributed by atoms with Crippen LogP contribution in [0.2, 0.25) is 0 Å². The average molecular weight is 413 g/mol. The number of aromatic nitrogens is 1. The van der Waals surface area contributed by atoms with Crippen LogP contribution in [0.4, 0.5) is 13.2 Å². The van der Waals surface area contributed by atoms with Gasteiger partial charge in [-0.15, -0.1) is 0 Å². The van der Waals surface area contributed by atoms with Crippen molar-refractivity contribution in [3.05, 3.63) is 35.3 Å². The lowest BCUT2D eigenvalue weighted by Crippen LogP contribution is -2.28. The van der Waals surface area contributed by atoms with E-state index in [1.807, 2.05) is 12.3 Å². The van der Waals surface area contributed by atoms with Crippen molar-refractivity contribution in [2.24, 2.45) is 23.4 Å². The fourth-order valence-electron chi connectivity index (χ4n) is 4.19. The molecule has 0 aromatic carbocycles. The van der Waals surface area contributed by atoms with Crippen LogP contribution in [0, 0.1) is 11.8 Å². The van der Waals surface area contributed by atoms with Crippen molar-refractivity contribution in [2.75, 3.05) is 7.05 Å². The second kappa shape index (κ2) is 10.9. The highest BCUT2D eigenvalue weighted by Crippen LogP contribution is 2.29. The van der Waals surface area contributed by atoms with E-state index in [1.165, 1.54) is 42.7 Å². The predicted molar refractivity (Wildman–Crippen MR) is 111 cm³/mol. The summed E-state index contributed by atoms with van der Waals surface area (Å²) in [6.07, 6.45) is 6.21. The van der Waals surface area contributed by atoms with Crippen molar-refractivity contribution >= 4 is 5.70 Å². The minimum atomic E-state index is -4.12. The van der Waals surface area contributed by atoms with Crippen LogP contribution in [0.25, 0.3) is 5.70 Å². The van der Waals surface area contributed by atoms with Gasteiger partial charge in [-0.1, -0.05) is 51.5 Å². The summed E-state index contributed by atoms with van der Waals surface area (Å²) in [4.78, 5) is 4.53. The zero-order valence-corrected chi connectivity index (χ0v) is 17.6. The molecule has 164 valence electrons. The molecule has 1 aliphatic carbocycles. The summed E-state index contributed by atoms with van der Waals surface area (Å²) < 4.78 is 37.5. The molecule has 0 amide bonds. The van der Waals surface area contributed by atoms with Crippen LogP contribution < -0.4 is 11.6 Å². The molecule has 4 N–H and O–H groups in total. The standard InChI is InChI=1S/C22H35F3N4/c1-16(14-22(23,24)25)7-6-10-20(29(2)27)21(26)19-12-11-18(15-28-19)13-17-8-4-3-5-9-17/h11-12,15-17H,3-10,13-14,26-27H2,1-2H3/b21-20-. The number of hydrazine groups is 1. The molecule has 1 aliphatic rings. The molecule has 0 radical (unpaired) electrons. The first-order valence-corrected chi connectivity index (χ1v) is 10.6. The largest absolute Gasteiger partial charge is 0.396 e. The molecule has 0 aliphatic heterocycles. The number of hydrogen-bond acceptors (Lipinski definition) is 4. The fraction of sp³-hybridized carbons (Fsp3) is 0.682. The molecular formula is C22H35F3N4. The first-order valence-electron chi connectivity index (χ1n) is 10.6. The number of nitrogens with zero attached hydrogens (tertiary/aromatic N) is 2. The van der Waals surface area contributed by atoms with Crippen molar-refractivity contribution in [1.82, 2.24) is 9.99 Å². The summed E-state index contributed by atoms with van der Waals surface area (Å²) in [5.41, 5.74) is 9.38. The van der Waals surface area contributed by atoms with Gasteiger partial charge in [0, 0.05) is 19.7 Å². The van der Waals surface area contributed by atoms with Gasteiger partial charge in [-0.2, -0.15) is 13.2 Å². The number of hydrogen-bond donors (Lipinski definition) is 2. The number of allylic oxidation sites excluding steroid dienone is 1. The Balaban J connectivity index is 1.97. The molecule has 1 heterocycles. The molecular weight excluding hydrogens is 377 g/mol. The number of rotatable bonds is 9. The Labute approximate surface area is 172 Å². The van der Waals surface area contributed by atoms with Crippen molar-refractivity contribution < 1.29 is 13.2 Å². The molecule has 1 saturated carbocycles. The van der Waals surface area contributed by atoms with Gasteiger partial charge in [-0.25, -0.2) is 5.84 Å². The normalized spacial score (nSPS) is 17.7. The third kappa shape index (κ3) is 8.25. The summed E-state index contributed by atoms with van der Waals surface area (Å²) in [6, 6.07) is 3.99. The van der Waals surface area contributed by atoms with E-state index in [1.54, 1.807) is 14.0 Å². The SMILES string of the molecule is CC(CCC/C(=C(/N)c1ccc(CC2CCCCC2)cn1)N(C)N)CC(F)(F)F. The lowest BCUT2D eigenvalue weighted by Gasteiger charge is -2.22. The monoisotopic (exact) mass is 412 g/mol. The Kier molecular flexibility index (Phi) is 8.80. The van der Waals surface area contributed by atoms with Crippen molar-refractivity contribution in [3.63, 3.8) is 0 Å². The number of alkyl halides is 3. The van der Waals surface area contributed by atoms with E-state index in [0.717, 1.165) is 12.3 Å². The minimum Gasteiger partial charge on any atom is -0.396 e. The van der Waals surface area contributed by atoms with E-state index in [0.29, 0.717) is 36.4 Å². The molecule has 0 bridgehead atoms. The van der Waals surface area contributed by atoms with E-state index in [-0.39, 0.29) is 0 Å². The van der Waals surface area contributed by atoms with Crippen molar-refractivity contribution in [2.45, 2.75) is 77.3 Å². The van der Waals surface area contributed by atoms with Crippen molar-refractivity contribution in [1.29, 1.82) is 0 Å². The van der Waals surface area contributed by atoms with Crippen molar-refractivity contribution in [3.8, 4) is 0 Å². The Morgan fingerprint density at radius 3 is 2.48 bits per heavy atom. The maximum Gasteiger partial charge on any atom is 0.389 e. The van der Waals surface area contributed by atoms with Gasteiger partial charge in [0.15, 0.2) is 0 Å². The topological polar surface area (TPSA) is 68.2 Å². The highest BCUT2D eigenvalue weighted by molar-refractivity contribution is 5.62. The molecule has 0 spiro atoms. The van der Waals surface area contributed by atoms with Crippen LogP contribution in [0.3, 0.4) is 0 Å². The van der Waals surface area contributed by atoms with Crippen LogP contribution in [0.5, 0.6) is 0 Å². The molecule has 1 atom stereocenters. The highest BCUT2D eigenvalue weighted by atomic mass is 19.4. The maximum atomic E-state index is 12.5. The second-order valence-corrected chi connectivity index (χ2v) is 8.55. The zero-order valence-electron chi connectivity index (χ0n) is 17.6. The number of halogens is 3. The Morgan fingerprint density at radius 1 is 1.24 bits per heavy atom. The van der Waals surface area contributed by atoms with E-state index in [4.69, 9.17) is 11.6 Å². The molecule has 1 unspecified atom stereocenters. The number of nitrogens with two attached hydrogens (primary N) is 2. The summed E-state index contributed by atoms with van der Waals surface area (Å²) in [6.45, 7) is 1.62. The van der Waals surface area contributed by atoms with Gasteiger partial charge < -0.3 is 10.7 Å². The summed E-state index contributed by atoms with van der Waals surface area (Å²) in [7, 11) is 1.69. The molecule has 0 saturated heterocycles. The third-order valence-corrected chi connectivity index (χ3v) is 5.78. The van der Waals surface area contributed by atoms with Crippen LogP contribution in [-0.4, -0.2) is 23.2 Å². The molecule has 7 heteroatoms. The molecule has 2 rings (SSSR count). The molecule has 1 aromatic rings. The Morgan fingerprint density at radius 2 is 1.93 bits per heavy atom. The first kappa shape index (κ1) is 23.5. The van der Waals surface area contributed by atoms with Gasteiger partial charge in [-0.3, -0.25) is 4.98 Å². The molecule has 1 fully saturated rings. The van der Waals surface area contributed by atoms with Crippen LogP contribution in [-0.2, 0) is 6.42 Å². The number of pyridine rings is 1. The second-order valence-electron chi connectivity index (χ2n) is 8.55. The zero-order chi connectivity index (χ0) is 21.4. The molecule has 29 heavy (non-hydrogen) atoms. The predicted octanol–water partition coefficient (Wildman–Crippen LogP) is 5.40. The van der Waals surface area contributed by atoms with E-state index in [2.05, 4.69) is 11.1 Å². The molecule has 4 nitrogen and oxygen atoms in total. The Bertz CT molecular complexity index is 647. The first-order chi connectivity index (χ1) is 13.7. The van der Waals surface area contributed by atoms with E-state index >= 15 is 0 Å².